The summed E-state index contributed by atoms with van der Waals surface area (Å²) in [5, 5.41) is 13.7. The molecule has 0 atom stereocenters. The van der Waals surface area contributed by atoms with Crippen LogP contribution in [0.4, 0.5) is 4.79 Å². The predicted molar refractivity (Wildman–Crippen MR) is 53.2 cm³/mol. The summed E-state index contributed by atoms with van der Waals surface area (Å²) in [6, 6.07) is -0.0793. The molecule has 0 aliphatic carbocycles. The molecule has 5 heteroatoms. The van der Waals surface area contributed by atoms with Crippen LogP contribution < -0.4 is 10.6 Å². The molecule has 0 aromatic carbocycles. The largest absolute Gasteiger partial charge is 0.481 e. The second-order valence-electron chi connectivity index (χ2n) is 3.41. The molecule has 2 amide bonds. The van der Waals surface area contributed by atoms with Crippen LogP contribution in [0.1, 0.15) is 33.1 Å². The average Bonchev–Trinajstić information content (AvgIpc) is 2.01. The number of carbonyl (C=O) groups excluding carboxylic acids is 1. The molecule has 0 saturated heterocycles. The lowest BCUT2D eigenvalue weighted by Gasteiger charge is -2.09. The summed E-state index contributed by atoms with van der Waals surface area (Å²) in [5.74, 6) is -0.795. The van der Waals surface area contributed by atoms with E-state index in [0.717, 1.165) is 0 Å². The fraction of sp³-hybridized carbons (Fsp3) is 0.778. The van der Waals surface area contributed by atoms with Crippen molar-refractivity contribution in [2.45, 2.75) is 39.2 Å². The van der Waals surface area contributed by atoms with E-state index >= 15 is 0 Å². The zero-order chi connectivity index (χ0) is 11.0. The molecular formula is C9H18N2O3. The Balaban J connectivity index is 3.27. The number of carboxylic acid groups (broad SMARTS) is 1. The Morgan fingerprint density at radius 2 is 1.93 bits per heavy atom. The first-order valence-electron chi connectivity index (χ1n) is 4.78. The molecular weight excluding hydrogens is 184 g/mol. The minimum absolute atomic E-state index is 0.119. The molecule has 5 nitrogen and oxygen atoms in total. The van der Waals surface area contributed by atoms with Crippen LogP contribution in [0.2, 0.25) is 0 Å². The predicted octanol–water partition coefficient (Wildman–Crippen LogP) is 0.949. The third-order valence-corrected chi connectivity index (χ3v) is 1.52. The molecule has 0 aromatic heterocycles. The first kappa shape index (κ1) is 12.7. The van der Waals surface area contributed by atoms with Gasteiger partial charge in [-0.05, 0) is 26.7 Å². The van der Waals surface area contributed by atoms with Crippen molar-refractivity contribution in [2.75, 3.05) is 6.54 Å². The number of carboxylic acids is 1. The molecule has 0 spiro atoms. The van der Waals surface area contributed by atoms with Gasteiger partial charge in [0.05, 0.1) is 0 Å². The van der Waals surface area contributed by atoms with E-state index in [0.29, 0.717) is 19.4 Å². The topological polar surface area (TPSA) is 78.4 Å². The lowest BCUT2D eigenvalue weighted by atomic mass is 10.2. The van der Waals surface area contributed by atoms with Crippen molar-refractivity contribution in [3.63, 3.8) is 0 Å². The van der Waals surface area contributed by atoms with Gasteiger partial charge in [-0.3, -0.25) is 4.79 Å². The Bertz CT molecular complexity index is 192. The highest BCUT2D eigenvalue weighted by atomic mass is 16.4. The number of aliphatic carboxylic acids is 1. The van der Waals surface area contributed by atoms with E-state index in [1.165, 1.54) is 0 Å². The molecule has 0 heterocycles. The van der Waals surface area contributed by atoms with Crippen LogP contribution in [-0.2, 0) is 4.79 Å². The molecule has 3 N–H and O–H groups in total. The summed E-state index contributed by atoms with van der Waals surface area (Å²) in [7, 11) is 0. The van der Waals surface area contributed by atoms with Gasteiger partial charge in [-0.1, -0.05) is 0 Å². The maximum Gasteiger partial charge on any atom is 0.314 e. The fourth-order valence-corrected chi connectivity index (χ4v) is 0.916. The van der Waals surface area contributed by atoms with Crippen LogP contribution in [0.25, 0.3) is 0 Å². The monoisotopic (exact) mass is 202 g/mol. The summed E-state index contributed by atoms with van der Waals surface area (Å²) in [6.45, 7) is 4.28. The van der Waals surface area contributed by atoms with Crippen LogP contribution in [0, 0.1) is 0 Å². The van der Waals surface area contributed by atoms with Crippen molar-refractivity contribution in [2.24, 2.45) is 0 Å². The van der Waals surface area contributed by atoms with Crippen molar-refractivity contribution < 1.29 is 14.7 Å². The van der Waals surface area contributed by atoms with Crippen LogP contribution in [-0.4, -0.2) is 29.7 Å². The van der Waals surface area contributed by atoms with Gasteiger partial charge in [0.2, 0.25) is 0 Å². The standard InChI is InChI=1S/C9H18N2O3/c1-7(2)11-9(14)10-6-4-3-5-8(12)13/h7H,3-6H2,1-2H3,(H,12,13)(H2,10,11,14). The van der Waals surface area contributed by atoms with Crippen molar-refractivity contribution in [1.82, 2.24) is 10.6 Å². The Kier molecular flexibility index (Phi) is 6.53. The Labute approximate surface area is 83.9 Å². The molecule has 14 heavy (non-hydrogen) atoms. The van der Waals surface area contributed by atoms with Gasteiger partial charge in [0, 0.05) is 19.0 Å². The van der Waals surface area contributed by atoms with Crippen molar-refractivity contribution in [1.29, 1.82) is 0 Å². The molecule has 0 aromatic rings. The zero-order valence-corrected chi connectivity index (χ0v) is 8.67. The summed E-state index contributed by atoms with van der Waals surface area (Å²) in [5.41, 5.74) is 0. The summed E-state index contributed by atoms with van der Waals surface area (Å²) >= 11 is 0. The van der Waals surface area contributed by atoms with E-state index in [1.54, 1.807) is 0 Å². The van der Waals surface area contributed by atoms with Gasteiger partial charge < -0.3 is 15.7 Å². The molecule has 0 rings (SSSR count). The average molecular weight is 202 g/mol. The summed E-state index contributed by atoms with van der Waals surface area (Å²) < 4.78 is 0. The molecule has 0 aliphatic rings. The number of amides is 2. The number of carbonyl (C=O) groups is 2. The SMILES string of the molecule is CC(C)NC(=O)NCCCCC(=O)O. The van der Waals surface area contributed by atoms with Gasteiger partial charge in [-0.25, -0.2) is 4.79 Å². The number of rotatable bonds is 6. The van der Waals surface area contributed by atoms with E-state index in [-0.39, 0.29) is 18.5 Å². The Hall–Kier alpha value is -1.26. The van der Waals surface area contributed by atoms with E-state index in [2.05, 4.69) is 10.6 Å². The third kappa shape index (κ3) is 8.83. The van der Waals surface area contributed by atoms with Crippen molar-refractivity contribution in [3.8, 4) is 0 Å². The van der Waals surface area contributed by atoms with E-state index in [1.807, 2.05) is 13.8 Å². The quantitative estimate of drug-likeness (QED) is 0.561. The first-order chi connectivity index (χ1) is 6.52. The fourth-order valence-electron chi connectivity index (χ4n) is 0.916. The maximum absolute atomic E-state index is 11.0. The molecule has 0 saturated carbocycles. The van der Waals surface area contributed by atoms with Crippen LogP contribution in [0.15, 0.2) is 0 Å². The van der Waals surface area contributed by atoms with E-state index in [9.17, 15) is 9.59 Å². The maximum atomic E-state index is 11.0. The molecule has 82 valence electrons. The van der Waals surface area contributed by atoms with Crippen LogP contribution in [0.5, 0.6) is 0 Å². The lowest BCUT2D eigenvalue weighted by Crippen LogP contribution is -2.39. The zero-order valence-electron chi connectivity index (χ0n) is 8.67. The smallest absolute Gasteiger partial charge is 0.314 e. The number of unbranched alkanes of at least 4 members (excludes halogenated alkanes) is 1. The van der Waals surface area contributed by atoms with Gasteiger partial charge in [-0.15, -0.1) is 0 Å². The van der Waals surface area contributed by atoms with E-state index in [4.69, 9.17) is 5.11 Å². The minimum atomic E-state index is -0.795. The highest BCUT2D eigenvalue weighted by molar-refractivity contribution is 5.74. The third-order valence-electron chi connectivity index (χ3n) is 1.52. The van der Waals surface area contributed by atoms with Gasteiger partial charge in [0.1, 0.15) is 0 Å². The number of hydrogen-bond donors (Lipinski definition) is 3. The highest BCUT2D eigenvalue weighted by Crippen LogP contribution is 1.93. The van der Waals surface area contributed by atoms with E-state index < -0.39 is 5.97 Å². The second kappa shape index (κ2) is 7.17. The van der Waals surface area contributed by atoms with Crippen molar-refractivity contribution >= 4 is 12.0 Å². The van der Waals surface area contributed by atoms with Crippen LogP contribution in [0.3, 0.4) is 0 Å². The Morgan fingerprint density at radius 1 is 1.29 bits per heavy atom. The number of urea groups is 1. The highest BCUT2D eigenvalue weighted by Gasteiger charge is 2.01. The number of nitrogens with one attached hydrogen (secondary N) is 2. The lowest BCUT2D eigenvalue weighted by molar-refractivity contribution is -0.137. The normalized spacial score (nSPS) is 9.93. The minimum Gasteiger partial charge on any atom is -0.481 e. The molecule has 0 unspecified atom stereocenters. The van der Waals surface area contributed by atoms with Gasteiger partial charge in [0.25, 0.3) is 0 Å². The van der Waals surface area contributed by atoms with Gasteiger partial charge >= 0.3 is 12.0 Å². The summed E-state index contributed by atoms with van der Waals surface area (Å²) in [6.07, 6.45) is 1.45. The molecule has 0 fully saturated rings. The van der Waals surface area contributed by atoms with Gasteiger partial charge in [-0.2, -0.15) is 0 Å². The second-order valence-corrected chi connectivity index (χ2v) is 3.41. The molecule has 0 bridgehead atoms. The Morgan fingerprint density at radius 3 is 2.43 bits per heavy atom. The van der Waals surface area contributed by atoms with Crippen molar-refractivity contribution in [3.05, 3.63) is 0 Å². The van der Waals surface area contributed by atoms with Gasteiger partial charge in [0.15, 0.2) is 0 Å². The first-order valence-corrected chi connectivity index (χ1v) is 4.78. The number of hydrogen-bond acceptors (Lipinski definition) is 2. The molecule has 0 aliphatic heterocycles. The summed E-state index contributed by atoms with van der Waals surface area (Å²) in [4.78, 5) is 21.2. The van der Waals surface area contributed by atoms with Crippen LogP contribution >= 0.6 is 0 Å². The molecule has 0 radical (unpaired) electrons.